The van der Waals surface area contributed by atoms with E-state index in [1.54, 1.807) is 7.11 Å². The number of nitrogens with zero attached hydrogens (tertiary/aromatic N) is 4. The van der Waals surface area contributed by atoms with Gasteiger partial charge in [-0.15, -0.1) is 34.2 Å². The molecule has 2 N–H and O–H groups in total. The van der Waals surface area contributed by atoms with Crippen LogP contribution in [0.5, 0.6) is 0 Å². The van der Waals surface area contributed by atoms with E-state index in [4.69, 9.17) is 14.5 Å². The van der Waals surface area contributed by atoms with Gasteiger partial charge in [0.15, 0.2) is 11.8 Å². The van der Waals surface area contributed by atoms with E-state index in [0.29, 0.717) is 25.1 Å². The number of hydrogen-bond acceptors (Lipinski definition) is 5. The molecule has 0 aromatic carbocycles. The van der Waals surface area contributed by atoms with Crippen molar-refractivity contribution in [3.63, 3.8) is 0 Å². The fourth-order valence-electron chi connectivity index (χ4n) is 3.06. The van der Waals surface area contributed by atoms with Gasteiger partial charge in [-0.3, -0.25) is 0 Å². The molecule has 1 aliphatic carbocycles. The first-order valence-electron chi connectivity index (χ1n) is 9.17. The van der Waals surface area contributed by atoms with Gasteiger partial charge in [0, 0.05) is 27.3 Å². The predicted molar refractivity (Wildman–Crippen MR) is 111 cm³/mol. The Kier molecular flexibility index (Phi) is 8.55. The van der Waals surface area contributed by atoms with Gasteiger partial charge in [0.05, 0.1) is 18.8 Å². The molecule has 3 rings (SSSR count). The molecule has 8 nitrogen and oxygen atoms in total. The zero-order valence-corrected chi connectivity index (χ0v) is 18.2. The largest absolute Gasteiger partial charge is 0.383 e. The smallest absolute Gasteiger partial charge is 0.192 e. The van der Waals surface area contributed by atoms with Crippen LogP contribution in [0, 0.1) is 12.8 Å². The lowest BCUT2D eigenvalue weighted by Gasteiger charge is -2.22. The van der Waals surface area contributed by atoms with Gasteiger partial charge in [0.1, 0.15) is 12.4 Å². The average Bonchev–Trinajstić information content (AvgIpc) is 3.24. The number of nitrogens with one attached hydrogen (secondary N) is 2. The van der Waals surface area contributed by atoms with Crippen LogP contribution in [0.1, 0.15) is 37.3 Å². The van der Waals surface area contributed by atoms with Crippen LogP contribution in [0.2, 0.25) is 0 Å². The van der Waals surface area contributed by atoms with Gasteiger partial charge in [-0.05, 0) is 38.5 Å². The van der Waals surface area contributed by atoms with Crippen LogP contribution in [-0.4, -0.2) is 59.7 Å². The highest BCUT2D eigenvalue weighted by atomic mass is 127. The molecular weight excluding hydrogens is 447 g/mol. The molecule has 0 amide bonds. The van der Waals surface area contributed by atoms with E-state index in [1.165, 1.54) is 12.8 Å². The first kappa shape index (κ1) is 21.4. The molecule has 2 heterocycles. The minimum absolute atomic E-state index is 0. The number of aliphatic imine (C=N–C) groups is 1. The summed E-state index contributed by atoms with van der Waals surface area (Å²) in [5.74, 6) is 3.21. The molecule has 1 aromatic rings. The van der Waals surface area contributed by atoms with Crippen molar-refractivity contribution < 1.29 is 9.47 Å². The Balaban J connectivity index is 0.00000243. The molecule has 9 heteroatoms. The summed E-state index contributed by atoms with van der Waals surface area (Å²) in [5.41, 5.74) is 0. The first-order chi connectivity index (χ1) is 12.2. The van der Waals surface area contributed by atoms with Gasteiger partial charge >= 0.3 is 0 Å². The monoisotopic (exact) mass is 478 g/mol. The lowest BCUT2D eigenvalue weighted by Crippen LogP contribution is -2.48. The molecular formula is C17H31IN6O2. The van der Waals surface area contributed by atoms with Gasteiger partial charge in [-0.1, -0.05) is 0 Å². The lowest BCUT2D eigenvalue weighted by atomic mass is 10.2. The Bertz CT molecular complexity index is 584. The third-order valence-electron chi connectivity index (χ3n) is 4.94. The van der Waals surface area contributed by atoms with Gasteiger partial charge in [0.2, 0.25) is 0 Å². The number of halogens is 1. The van der Waals surface area contributed by atoms with Crippen molar-refractivity contribution >= 4 is 29.9 Å². The Morgan fingerprint density at radius 3 is 2.77 bits per heavy atom. The van der Waals surface area contributed by atoms with Crippen LogP contribution in [0.25, 0.3) is 0 Å². The maximum atomic E-state index is 5.70. The third-order valence-corrected chi connectivity index (χ3v) is 4.94. The summed E-state index contributed by atoms with van der Waals surface area (Å²) in [4.78, 5) is 4.72. The Morgan fingerprint density at radius 1 is 1.38 bits per heavy atom. The van der Waals surface area contributed by atoms with Crippen molar-refractivity contribution in [3.8, 4) is 0 Å². The van der Waals surface area contributed by atoms with E-state index in [0.717, 1.165) is 43.6 Å². The van der Waals surface area contributed by atoms with Gasteiger partial charge in [-0.2, -0.15) is 0 Å². The summed E-state index contributed by atoms with van der Waals surface area (Å²) in [7, 11) is 3.71. The normalized spacial score (nSPS) is 21.3. The second-order valence-corrected chi connectivity index (χ2v) is 6.95. The Morgan fingerprint density at radius 2 is 2.19 bits per heavy atom. The molecule has 0 radical (unpaired) electrons. The van der Waals surface area contributed by atoms with Gasteiger partial charge < -0.3 is 24.7 Å². The Labute approximate surface area is 172 Å². The number of hydrogen-bond donors (Lipinski definition) is 2. The fourth-order valence-corrected chi connectivity index (χ4v) is 3.06. The molecule has 1 saturated carbocycles. The maximum absolute atomic E-state index is 5.70. The molecule has 1 aromatic heterocycles. The standard InChI is InChI=1S/C17H30N6O2.HI/c1-12-21-22-16(23(12)2)10-19-17(18-9-14-5-4-8-25-14)20-15(11-24-3)13-6-7-13;/h13-15H,4-11H2,1-3H3,(H2,18,19,20);1H. The summed E-state index contributed by atoms with van der Waals surface area (Å²) in [6.45, 7) is 4.75. The van der Waals surface area contributed by atoms with Crippen molar-refractivity contribution in [1.82, 2.24) is 25.4 Å². The molecule has 0 bridgehead atoms. The molecule has 2 atom stereocenters. The number of ether oxygens (including phenoxy) is 2. The number of aryl methyl sites for hydroxylation is 1. The van der Waals surface area contributed by atoms with Crippen molar-refractivity contribution in [1.29, 1.82) is 0 Å². The molecule has 26 heavy (non-hydrogen) atoms. The molecule has 2 unspecified atom stereocenters. The zero-order chi connectivity index (χ0) is 17.6. The van der Waals surface area contributed by atoms with Crippen LogP contribution in [0.3, 0.4) is 0 Å². The average molecular weight is 478 g/mol. The summed E-state index contributed by atoms with van der Waals surface area (Å²) in [6, 6.07) is 0.293. The van der Waals surface area contributed by atoms with E-state index in [9.17, 15) is 0 Å². The van der Waals surface area contributed by atoms with E-state index < -0.39 is 0 Å². The summed E-state index contributed by atoms with van der Waals surface area (Å²) in [6.07, 6.45) is 5.02. The van der Waals surface area contributed by atoms with Crippen molar-refractivity contribution in [2.75, 3.05) is 26.9 Å². The maximum Gasteiger partial charge on any atom is 0.192 e. The summed E-state index contributed by atoms with van der Waals surface area (Å²) >= 11 is 0. The lowest BCUT2D eigenvalue weighted by molar-refractivity contribution is 0.113. The highest BCUT2D eigenvalue weighted by Gasteiger charge is 2.32. The van der Waals surface area contributed by atoms with E-state index in [1.807, 2.05) is 18.5 Å². The molecule has 148 valence electrons. The summed E-state index contributed by atoms with van der Waals surface area (Å²) in [5, 5.41) is 15.3. The quantitative estimate of drug-likeness (QED) is 0.334. The fraction of sp³-hybridized carbons (Fsp3) is 0.824. The van der Waals surface area contributed by atoms with Crippen LogP contribution < -0.4 is 10.6 Å². The molecule has 0 spiro atoms. The van der Waals surface area contributed by atoms with Crippen LogP contribution in [-0.2, 0) is 23.1 Å². The van der Waals surface area contributed by atoms with E-state index in [2.05, 4.69) is 20.8 Å². The first-order valence-corrected chi connectivity index (χ1v) is 9.17. The third kappa shape index (κ3) is 6.05. The van der Waals surface area contributed by atoms with Crippen LogP contribution in [0.15, 0.2) is 4.99 Å². The number of rotatable bonds is 8. The number of guanidine groups is 1. The predicted octanol–water partition coefficient (Wildman–Crippen LogP) is 1.38. The summed E-state index contributed by atoms with van der Waals surface area (Å²) < 4.78 is 13.0. The highest BCUT2D eigenvalue weighted by molar-refractivity contribution is 14.0. The van der Waals surface area contributed by atoms with Gasteiger partial charge in [-0.25, -0.2) is 4.99 Å². The zero-order valence-electron chi connectivity index (χ0n) is 15.9. The number of methoxy groups -OCH3 is 1. The van der Waals surface area contributed by atoms with E-state index >= 15 is 0 Å². The second kappa shape index (κ2) is 10.4. The topological polar surface area (TPSA) is 85.6 Å². The SMILES string of the molecule is COCC(NC(=NCc1nnc(C)n1C)NCC1CCCO1)C1CC1.I. The second-order valence-electron chi connectivity index (χ2n) is 6.95. The number of aromatic nitrogens is 3. The van der Waals surface area contributed by atoms with Gasteiger partial charge in [0.25, 0.3) is 0 Å². The Hall–Kier alpha value is -0.940. The highest BCUT2D eigenvalue weighted by Crippen LogP contribution is 2.32. The minimum Gasteiger partial charge on any atom is -0.383 e. The van der Waals surface area contributed by atoms with Crippen molar-refractivity contribution in [2.45, 2.75) is 51.3 Å². The van der Waals surface area contributed by atoms with Crippen LogP contribution >= 0.6 is 24.0 Å². The minimum atomic E-state index is 0. The molecule has 2 aliphatic rings. The molecule has 1 saturated heterocycles. The molecule has 2 fully saturated rings. The van der Waals surface area contributed by atoms with Crippen molar-refractivity contribution in [2.24, 2.45) is 18.0 Å². The molecule has 1 aliphatic heterocycles. The van der Waals surface area contributed by atoms with Crippen molar-refractivity contribution in [3.05, 3.63) is 11.6 Å². The van der Waals surface area contributed by atoms with E-state index in [-0.39, 0.29) is 30.1 Å². The van der Waals surface area contributed by atoms with Crippen LogP contribution in [0.4, 0.5) is 0 Å².